The molecule has 126 valence electrons. The second kappa shape index (κ2) is 9.35. The van der Waals surface area contributed by atoms with E-state index < -0.39 is 0 Å². The summed E-state index contributed by atoms with van der Waals surface area (Å²) in [5.41, 5.74) is 1.85. The molecule has 24 heavy (non-hydrogen) atoms. The molecular formula is C18H19ClN2O2S. The first-order chi connectivity index (χ1) is 11.6. The predicted molar refractivity (Wildman–Crippen MR) is 99.6 cm³/mol. The third-order valence-corrected chi connectivity index (χ3v) is 4.51. The molecule has 0 atom stereocenters. The van der Waals surface area contributed by atoms with Gasteiger partial charge in [0, 0.05) is 15.6 Å². The summed E-state index contributed by atoms with van der Waals surface area (Å²) in [4.78, 5) is 24.7. The second-order valence-electron chi connectivity index (χ2n) is 5.08. The number of halogens is 1. The van der Waals surface area contributed by atoms with Crippen LogP contribution in [0, 0.1) is 0 Å². The molecule has 0 bridgehead atoms. The molecular weight excluding hydrogens is 344 g/mol. The molecule has 0 aliphatic heterocycles. The van der Waals surface area contributed by atoms with Crippen LogP contribution in [0.3, 0.4) is 0 Å². The number of amides is 2. The van der Waals surface area contributed by atoms with Crippen molar-refractivity contribution in [1.82, 2.24) is 5.32 Å². The Morgan fingerprint density at radius 1 is 1.08 bits per heavy atom. The van der Waals surface area contributed by atoms with Gasteiger partial charge < -0.3 is 10.6 Å². The molecule has 0 radical (unpaired) electrons. The van der Waals surface area contributed by atoms with Gasteiger partial charge in [-0.2, -0.15) is 0 Å². The molecule has 0 aliphatic rings. The average molecular weight is 363 g/mol. The molecule has 4 nitrogen and oxygen atoms in total. The maximum Gasteiger partial charge on any atom is 0.243 e. The fraction of sp³-hybridized carbons (Fsp3) is 0.222. The highest BCUT2D eigenvalue weighted by Crippen LogP contribution is 2.21. The largest absolute Gasteiger partial charge is 0.346 e. The predicted octanol–water partition coefficient (Wildman–Crippen LogP) is 3.75. The lowest BCUT2D eigenvalue weighted by Crippen LogP contribution is -2.34. The Hall–Kier alpha value is -1.98. The summed E-state index contributed by atoms with van der Waals surface area (Å²) < 4.78 is 0. The van der Waals surface area contributed by atoms with Crippen LogP contribution in [0.5, 0.6) is 0 Å². The van der Waals surface area contributed by atoms with Crippen molar-refractivity contribution in [3.05, 3.63) is 59.1 Å². The summed E-state index contributed by atoms with van der Waals surface area (Å²) in [6.45, 7) is 1.98. The summed E-state index contributed by atoms with van der Waals surface area (Å²) in [5.74, 6) is -0.199. The average Bonchev–Trinajstić information content (AvgIpc) is 2.58. The van der Waals surface area contributed by atoms with E-state index in [-0.39, 0.29) is 24.1 Å². The molecule has 0 spiro atoms. The lowest BCUT2D eigenvalue weighted by atomic mass is 10.1. The van der Waals surface area contributed by atoms with Gasteiger partial charge in [-0.25, -0.2) is 0 Å². The van der Waals surface area contributed by atoms with E-state index in [1.807, 2.05) is 43.3 Å². The van der Waals surface area contributed by atoms with Crippen molar-refractivity contribution in [3.63, 3.8) is 0 Å². The Morgan fingerprint density at radius 3 is 2.62 bits per heavy atom. The minimum Gasteiger partial charge on any atom is -0.346 e. The summed E-state index contributed by atoms with van der Waals surface area (Å²) in [5, 5.41) is 6.07. The zero-order valence-corrected chi connectivity index (χ0v) is 14.9. The molecule has 0 unspecified atom stereocenters. The number of carbonyl (C=O) groups is 2. The highest BCUT2D eigenvalue weighted by Gasteiger charge is 2.08. The molecule has 2 amide bonds. The molecule has 0 saturated carbocycles. The maximum atomic E-state index is 12.0. The Kier molecular flexibility index (Phi) is 7.15. The lowest BCUT2D eigenvalue weighted by Gasteiger charge is -2.10. The minimum atomic E-state index is -0.239. The van der Waals surface area contributed by atoms with Gasteiger partial charge in [-0.05, 0) is 36.2 Å². The number of aryl methyl sites for hydroxylation is 1. The Balaban J connectivity index is 1.76. The normalized spacial score (nSPS) is 10.2. The number of thioether (sulfide) groups is 1. The van der Waals surface area contributed by atoms with Crippen LogP contribution in [-0.2, 0) is 16.0 Å². The number of nitrogens with one attached hydrogen (secondary N) is 2. The van der Waals surface area contributed by atoms with Crippen LogP contribution in [0.2, 0.25) is 5.02 Å². The quantitative estimate of drug-likeness (QED) is 0.737. The first-order valence-corrected chi connectivity index (χ1v) is 8.97. The zero-order valence-electron chi connectivity index (χ0n) is 13.3. The van der Waals surface area contributed by atoms with E-state index in [4.69, 9.17) is 11.6 Å². The fourth-order valence-electron chi connectivity index (χ4n) is 2.08. The van der Waals surface area contributed by atoms with Crippen LogP contribution in [-0.4, -0.2) is 24.1 Å². The van der Waals surface area contributed by atoms with Crippen molar-refractivity contribution >= 4 is 40.9 Å². The number of hydrogen-bond donors (Lipinski definition) is 2. The second-order valence-corrected chi connectivity index (χ2v) is 6.57. The van der Waals surface area contributed by atoms with E-state index >= 15 is 0 Å². The molecule has 0 fully saturated rings. The number of para-hydroxylation sites is 1. The number of rotatable bonds is 7. The van der Waals surface area contributed by atoms with Crippen LogP contribution < -0.4 is 10.6 Å². The topological polar surface area (TPSA) is 58.2 Å². The molecule has 0 saturated heterocycles. The Labute approximate surface area is 151 Å². The van der Waals surface area contributed by atoms with Crippen molar-refractivity contribution in [3.8, 4) is 0 Å². The van der Waals surface area contributed by atoms with Crippen LogP contribution in [0.4, 0.5) is 5.69 Å². The van der Waals surface area contributed by atoms with Gasteiger partial charge in [0.15, 0.2) is 0 Å². The standard InChI is InChI=1S/C18H19ClN2O2S/c1-2-13-6-3-4-9-16(13)21-17(22)11-20-18(23)12-24-15-8-5-7-14(19)10-15/h3-10H,2,11-12H2,1H3,(H,20,23)(H,21,22). The number of benzene rings is 2. The highest BCUT2D eigenvalue weighted by molar-refractivity contribution is 8.00. The first kappa shape index (κ1) is 18.4. The molecule has 2 rings (SSSR count). The molecule has 2 N–H and O–H groups in total. The van der Waals surface area contributed by atoms with Crippen LogP contribution in [0.25, 0.3) is 0 Å². The van der Waals surface area contributed by atoms with Crippen LogP contribution >= 0.6 is 23.4 Å². The smallest absolute Gasteiger partial charge is 0.243 e. The third kappa shape index (κ3) is 5.91. The fourth-order valence-corrected chi connectivity index (χ4v) is 3.12. The van der Waals surface area contributed by atoms with Crippen molar-refractivity contribution in [1.29, 1.82) is 0 Å². The van der Waals surface area contributed by atoms with Crippen LogP contribution in [0.15, 0.2) is 53.4 Å². The first-order valence-electron chi connectivity index (χ1n) is 7.61. The minimum absolute atomic E-state index is 0.0486. The van der Waals surface area contributed by atoms with Gasteiger partial charge in [-0.15, -0.1) is 11.8 Å². The van der Waals surface area contributed by atoms with Crippen molar-refractivity contribution in [2.75, 3.05) is 17.6 Å². The van der Waals surface area contributed by atoms with Crippen molar-refractivity contribution < 1.29 is 9.59 Å². The van der Waals surface area contributed by atoms with Gasteiger partial charge in [-0.3, -0.25) is 9.59 Å². The molecule has 0 aromatic heterocycles. The maximum absolute atomic E-state index is 12.0. The van der Waals surface area contributed by atoms with Crippen LogP contribution in [0.1, 0.15) is 12.5 Å². The van der Waals surface area contributed by atoms with Gasteiger partial charge in [0.2, 0.25) is 11.8 Å². The Bertz CT molecular complexity index is 722. The number of carbonyl (C=O) groups excluding carboxylic acids is 2. The van der Waals surface area contributed by atoms with Gasteiger partial charge in [-0.1, -0.05) is 42.8 Å². The van der Waals surface area contributed by atoms with E-state index in [1.54, 1.807) is 12.1 Å². The van der Waals surface area contributed by atoms with E-state index in [1.165, 1.54) is 11.8 Å². The summed E-state index contributed by atoms with van der Waals surface area (Å²) in [6.07, 6.45) is 0.832. The van der Waals surface area contributed by atoms with E-state index in [2.05, 4.69) is 10.6 Å². The highest BCUT2D eigenvalue weighted by atomic mass is 35.5. The molecule has 2 aromatic carbocycles. The molecule has 2 aromatic rings. The van der Waals surface area contributed by atoms with E-state index in [9.17, 15) is 9.59 Å². The lowest BCUT2D eigenvalue weighted by molar-refractivity contribution is -0.122. The van der Waals surface area contributed by atoms with Gasteiger partial charge in [0.25, 0.3) is 0 Å². The Morgan fingerprint density at radius 2 is 1.88 bits per heavy atom. The van der Waals surface area contributed by atoms with Crippen molar-refractivity contribution in [2.45, 2.75) is 18.2 Å². The third-order valence-electron chi connectivity index (χ3n) is 3.28. The van der Waals surface area contributed by atoms with Gasteiger partial charge >= 0.3 is 0 Å². The van der Waals surface area contributed by atoms with E-state index in [0.29, 0.717) is 5.02 Å². The van der Waals surface area contributed by atoms with E-state index in [0.717, 1.165) is 22.6 Å². The summed E-state index contributed by atoms with van der Waals surface area (Å²) >= 11 is 7.27. The summed E-state index contributed by atoms with van der Waals surface area (Å²) in [7, 11) is 0. The molecule has 0 aliphatic carbocycles. The number of anilines is 1. The number of hydrogen-bond acceptors (Lipinski definition) is 3. The monoisotopic (exact) mass is 362 g/mol. The van der Waals surface area contributed by atoms with Gasteiger partial charge in [0.1, 0.15) is 0 Å². The molecule has 6 heteroatoms. The molecule has 0 heterocycles. The van der Waals surface area contributed by atoms with Crippen molar-refractivity contribution in [2.24, 2.45) is 0 Å². The summed E-state index contributed by atoms with van der Waals surface area (Å²) in [6, 6.07) is 14.9. The van der Waals surface area contributed by atoms with Gasteiger partial charge in [0.05, 0.1) is 12.3 Å². The zero-order chi connectivity index (χ0) is 17.4. The SMILES string of the molecule is CCc1ccccc1NC(=O)CNC(=O)CSc1cccc(Cl)c1.